The van der Waals surface area contributed by atoms with Crippen LogP contribution in [0.3, 0.4) is 0 Å². The molecule has 12 heteroatoms. The van der Waals surface area contributed by atoms with E-state index in [4.69, 9.17) is 19.4 Å². The number of thiophene rings is 1. The number of halogens is 4. The number of alkyl halides is 3. The lowest BCUT2D eigenvalue weighted by atomic mass is 9.83. The number of rotatable bonds is 8. The van der Waals surface area contributed by atoms with Gasteiger partial charge >= 0.3 is 12.3 Å². The fraction of sp³-hybridized carbons (Fsp3) is 0.355. The molecule has 0 aliphatic carbocycles. The molecule has 2 aromatic carbocycles. The molecule has 3 aliphatic heterocycles. The number of anilines is 1. The predicted molar refractivity (Wildman–Crippen MR) is 153 cm³/mol. The number of hydrogen-bond donors (Lipinski definition) is 0. The SMILES string of the molecule is COc1ccc(N(Cc2ccsc2)C(=O)O[C@H]2C[N+]3(CC=Cc4ccccc4)CCC2CC3)cc1F.O=C([O-])C(F)(F)F. The predicted octanol–water partition coefficient (Wildman–Crippen LogP) is 5.66. The van der Waals surface area contributed by atoms with Gasteiger partial charge in [-0.15, -0.1) is 0 Å². The third-order valence-electron chi connectivity index (χ3n) is 7.72. The summed E-state index contributed by atoms with van der Waals surface area (Å²) in [6.45, 7) is 4.29. The van der Waals surface area contributed by atoms with E-state index in [9.17, 15) is 22.4 Å². The second-order valence-electron chi connectivity index (χ2n) is 10.5. The van der Waals surface area contributed by atoms with Crippen molar-refractivity contribution in [3.8, 4) is 5.75 Å². The third kappa shape index (κ3) is 8.57. The number of benzene rings is 2. The van der Waals surface area contributed by atoms with Crippen LogP contribution in [0.25, 0.3) is 6.08 Å². The summed E-state index contributed by atoms with van der Waals surface area (Å²) in [7, 11) is 1.43. The fourth-order valence-electron chi connectivity index (χ4n) is 5.43. The maximum absolute atomic E-state index is 14.5. The van der Waals surface area contributed by atoms with Crippen molar-refractivity contribution in [2.45, 2.75) is 31.7 Å². The molecular weight excluding hydrogens is 588 g/mol. The van der Waals surface area contributed by atoms with Crippen LogP contribution in [0.1, 0.15) is 24.0 Å². The summed E-state index contributed by atoms with van der Waals surface area (Å²) in [5.41, 5.74) is 2.64. The number of carboxylic acid groups (broad SMARTS) is 1. The largest absolute Gasteiger partial charge is 0.542 e. The average molecular weight is 621 g/mol. The molecule has 3 saturated heterocycles. The molecule has 43 heavy (non-hydrogen) atoms. The van der Waals surface area contributed by atoms with Crippen molar-refractivity contribution in [2.75, 3.05) is 38.2 Å². The van der Waals surface area contributed by atoms with Gasteiger partial charge in [0.05, 0.1) is 39.0 Å². The number of amides is 1. The Balaban J connectivity index is 0.000000541. The van der Waals surface area contributed by atoms with E-state index in [0.29, 0.717) is 18.2 Å². The van der Waals surface area contributed by atoms with Gasteiger partial charge in [0.15, 0.2) is 17.7 Å². The molecule has 3 fully saturated rings. The second-order valence-corrected chi connectivity index (χ2v) is 11.3. The lowest BCUT2D eigenvalue weighted by Gasteiger charge is -2.51. The number of aliphatic carboxylic acids is 1. The van der Waals surface area contributed by atoms with Crippen LogP contribution < -0.4 is 14.7 Å². The molecule has 4 heterocycles. The van der Waals surface area contributed by atoms with Crippen molar-refractivity contribution in [1.82, 2.24) is 0 Å². The number of quaternary nitrogens is 1. The first-order chi connectivity index (χ1) is 20.5. The van der Waals surface area contributed by atoms with Crippen LogP contribution in [0, 0.1) is 11.7 Å². The zero-order valence-electron chi connectivity index (χ0n) is 23.5. The smallest absolute Gasteiger partial charge is 0.430 e. The topological polar surface area (TPSA) is 78.9 Å². The van der Waals surface area contributed by atoms with Crippen molar-refractivity contribution >= 4 is 35.2 Å². The number of methoxy groups -OCH3 is 1. The average Bonchev–Trinajstić information content (AvgIpc) is 3.50. The highest BCUT2D eigenvalue weighted by Crippen LogP contribution is 2.36. The minimum atomic E-state index is -5.19. The highest BCUT2D eigenvalue weighted by atomic mass is 32.1. The first-order valence-electron chi connectivity index (χ1n) is 13.7. The molecule has 0 unspecified atom stereocenters. The first kappa shape index (κ1) is 32.0. The van der Waals surface area contributed by atoms with Crippen LogP contribution >= 0.6 is 11.3 Å². The minimum absolute atomic E-state index is 0.141. The van der Waals surface area contributed by atoms with Crippen molar-refractivity contribution in [3.63, 3.8) is 0 Å². The number of carbonyl (C=O) groups is 2. The molecule has 1 aromatic heterocycles. The van der Waals surface area contributed by atoms with Gasteiger partial charge in [-0.1, -0.05) is 36.4 Å². The Kier molecular flexibility index (Phi) is 10.5. The van der Waals surface area contributed by atoms with E-state index in [0.717, 1.165) is 49.1 Å². The molecule has 0 saturated carbocycles. The van der Waals surface area contributed by atoms with Crippen LogP contribution in [0.15, 0.2) is 71.4 Å². The first-order valence-corrected chi connectivity index (χ1v) is 14.6. The molecular formula is C31H32F4N2O5S. The van der Waals surface area contributed by atoms with Gasteiger partial charge in [0.1, 0.15) is 12.5 Å². The quantitative estimate of drug-likeness (QED) is 0.240. The van der Waals surface area contributed by atoms with Crippen LogP contribution in [0.2, 0.25) is 0 Å². The molecule has 3 aromatic rings. The summed E-state index contributed by atoms with van der Waals surface area (Å²) < 4.78 is 58.2. The fourth-order valence-corrected chi connectivity index (χ4v) is 6.09. The lowest BCUT2D eigenvalue weighted by molar-refractivity contribution is -0.941. The standard InChI is InChI=1S/C29H32FN2O3S.C2HF3O2/c1-34-27-10-9-25(18-26(27)30)31(19-23-13-17-36-21-23)29(33)35-28-20-32(15-11-24(28)12-16-32)14-5-8-22-6-3-2-4-7-22;3-2(4,5)1(6)7/h2-10,13,17-18,21,24,28H,11-12,14-16,19-20H2,1H3;(H,6,7)/q+1;/p-1/t24?,28-,32?;/m0./s1. The van der Waals surface area contributed by atoms with Crippen LogP contribution in [0.5, 0.6) is 5.75 Å². The van der Waals surface area contributed by atoms with Crippen molar-refractivity contribution in [2.24, 2.45) is 5.92 Å². The Hall–Kier alpha value is -3.90. The zero-order chi connectivity index (χ0) is 31.0. The van der Waals surface area contributed by atoms with Gasteiger partial charge in [0.2, 0.25) is 0 Å². The van der Waals surface area contributed by atoms with Gasteiger partial charge in [-0.2, -0.15) is 24.5 Å². The summed E-state index contributed by atoms with van der Waals surface area (Å²) in [5.74, 6) is -2.99. The molecule has 0 N–H and O–H groups in total. The van der Waals surface area contributed by atoms with E-state index >= 15 is 0 Å². The Bertz CT molecular complexity index is 1390. The second kappa shape index (κ2) is 14.0. The van der Waals surface area contributed by atoms with E-state index < -0.39 is 24.1 Å². The van der Waals surface area contributed by atoms with Gasteiger partial charge < -0.3 is 23.9 Å². The maximum Gasteiger partial charge on any atom is 0.430 e. The molecule has 2 bridgehead atoms. The van der Waals surface area contributed by atoms with E-state index in [1.807, 2.05) is 35.0 Å². The summed E-state index contributed by atoms with van der Waals surface area (Å²) in [6.07, 6.45) is 0.774. The van der Waals surface area contributed by atoms with E-state index in [-0.39, 0.29) is 11.9 Å². The Morgan fingerprint density at radius 2 is 1.81 bits per heavy atom. The molecule has 0 radical (unpaired) electrons. The lowest BCUT2D eigenvalue weighted by Crippen LogP contribution is -2.64. The zero-order valence-corrected chi connectivity index (χ0v) is 24.3. The van der Waals surface area contributed by atoms with E-state index in [2.05, 4.69) is 24.3 Å². The molecule has 7 nitrogen and oxygen atoms in total. The van der Waals surface area contributed by atoms with Gasteiger partial charge in [-0.3, -0.25) is 4.90 Å². The molecule has 3 aliphatic rings. The molecule has 0 spiro atoms. The highest BCUT2D eigenvalue weighted by molar-refractivity contribution is 7.07. The summed E-state index contributed by atoms with van der Waals surface area (Å²) in [5, 5.41) is 12.7. The number of carboxylic acids is 1. The molecule has 230 valence electrons. The Morgan fingerprint density at radius 3 is 2.40 bits per heavy atom. The summed E-state index contributed by atoms with van der Waals surface area (Å²) in [4.78, 5) is 23.8. The Labute approximate surface area is 251 Å². The van der Waals surface area contributed by atoms with E-state index in [1.54, 1.807) is 23.5 Å². The number of fused-ring (bicyclic) bond motifs is 3. The Morgan fingerprint density at radius 1 is 1.12 bits per heavy atom. The van der Waals surface area contributed by atoms with Crippen LogP contribution in [-0.4, -0.2) is 62.1 Å². The maximum atomic E-state index is 14.5. The van der Waals surface area contributed by atoms with Gasteiger partial charge in [-0.05, 0) is 46.2 Å². The normalized spacial score (nSPS) is 21.1. The number of carbonyl (C=O) groups excluding carboxylic acids is 2. The molecule has 1 amide bonds. The highest BCUT2D eigenvalue weighted by Gasteiger charge is 2.47. The molecule has 6 rings (SSSR count). The van der Waals surface area contributed by atoms with Crippen molar-refractivity contribution in [1.29, 1.82) is 0 Å². The van der Waals surface area contributed by atoms with Crippen LogP contribution in [0.4, 0.5) is 28.0 Å². The summed E-state index contributed by atoms with van der Waals surface area (Å²) in [6, 6.07) is 16.9. The number of hydrogen-bond acceptors (Lipinski definition) is 6. The molecule has 1 atom stereocenters. The van der Waals surface area contributed by atoms with Crippen molar-refractivity contribution < 1.29 is 46.2 Å². The monoisotopic (exact) mass is 620 g/mol. The number of ether oxygens (including phenoxy) is 2. The summed E-state index contributed by atoms with van der Waals surface area (Å²) >= 11 is 1.57. The number of piperidine rings is 3. The van der Waals surface area contributed by atoms with Crippen molar-refractivity contribution in [3.05, 3.63) is 88.4 Å². The van der Waals surface area contributed by atoms with E-state index in [1.165, 1.54) is 23.6 Å². The van der Waals surface area contributed by atoms with Gasteiger partial charge in [-0.25, -0.2) is 9.18 Å². The minimum Gasteiger partial charge on any atom is -0.542 e. The van der Waals surface area contributed by atoms with Crippen LogP contribution in [-0.2, 0) is 16.1 Å². The van der Waals surface area contributed by atoms with Gasteiger partial charge in [0.25, 0.3) is 0 Å². The number of nitrogens with zero attached hydrogens (tertiary/aromatic N) is 2. The van der Waals surface area contributed by atoms with Gasteiger partial charge in [0, 0.05) is 24.8 Å². The third-order valence-corrected chi connectivity index (χ3v) is 8.45.